The first kappa shape index (κ1) is 21.1. The summed E-state index contributed by atoms with van der Waals surface area (Å²) in [6, 6.07) is 20.6. The van der Waals surface area contributed by atoms with Gasteiger partial charge in [0.1, 0.15) is 5.75 Å². The maximum Gasteiger partial charge on any atom is 0.251 e. The first-order valence-electron chi connectivity index (χ1n) is 10.2. The molecule has 5 nitrogen and oxygen atoms in total. The SMILES string of the molecule is COc1ccc(C(=O)NC(Cc2ccccc2)c2ccc3c(c2)OCCCO3)cc1Cl. The smallest absolute Gasteiger partial charge is 0.251 e. The fourth-order valence-electron chi connectivity index (χ4n) is 3.55. The number of hydrogen-bond donors (Lipinski definition) is 1. The highest BCUT2D eigenvalue weighted by Gasteiger charge is 2.20. The molecule has 0 saturated heterocycles. The standard InChI is InChI=1S/C25H24ClNO4/c1-29-22-10-9-19(15-20(22)26)25(28)27-21(14-17-6-3-2-4-7-17)18-8-11-23-24(16-18)31-13-5-12-30-23/h2-4,6-11,15-16,21H,5,12-14H2,1H3,(H,27,28). The van der Waals surface area contributed by atoms with Crippen LogP contribution in [0.2, 0.25) is 5.02 Å². The third-order valence-corrected chi connectivity index (χ3v) is 5.47. The summed E-state index contributed by atoms with van der Waals surface area (Å²) in [5.74, 6) is 1.75. The second kappa shape index (κ2) is 9.75. The quantitative estimate of drug-likeness (QED) is 0.574. The summed E-state index contributed by atoms with van der Waals surface area (Å²) in [5.41, 5.74) is 2.53. The van der Waals surface area contributed by atoms with Gasteiger partial charge in [-0.3, -0.25) is 4.79 Å². The largest absolute Gasteiger partial charge is 0.495 e. The van der Waals surface area contributed by atoms with E-state index in [2.05, 4.69) is 5.32 Å². The Morgan fingerprint density at radius 2 is 1.81 bits per heavy atom. The Kier molecular flexibility index (Phi) is 6.63. The van der Waals surface area contributed by atoms with Gasteiger partial charge in [0.15, 0.2) is 11.5 Å². The summed E-state index contributed by atoms with van der Waals surface area (Å²) in [4.78, 5) is 13.0. The second-order valence-electron chi connectivity index (χ2n) is 7.32. The summed E-state index contributed by atoms with van der Waals surface area (Å²) >= 11 is 6.22. The minimum Gasteiger partial charge on any atom is -0.495 e. The summed E-state index contributed by atoms with van der Waals surface area (Å²) in [5, 5.41) is 3.54. The Balaban J connectivity index is 1.62. The van der Waals surface area contributed by atoms with E-state index in [1.54, 1.807) is 25.3 Å². The third-order valence-electron chi connectivity index (χ3n) is 5.18. The Morgan fingerprint density at radius 1 is 1.03 bits per heavy atom. The molecular formula is C25H24ClNO4. The Bertz CT molecular complexity index is 1050. The van der Waals surface area contributed by atoms with Gasteiger partial charge in [-0.1, -0.05) is 48.0 Å². The van der Waals surface area contributed by atoms with E-state index in [9.17, 15) is 4.79 Å². The lowest BCUT2D eigenvalue weighted by Gasteiger charge is -2.21. The van der Waals surface area contributed by atoms with Crippen molar-refractivity contribution in [1.29, 1.82) is 0 Å². The topological polar surface area (TPSA) is 56.8 Å². The number of carbonyl (C=O) groups is 1. The molecule has 1 N–H and O–H groups in total. The Hall–Kier alpha value is -3.18. The van der Waals surface area contributed by atoms with E-state index in [1.807, 2.05) is 48.5 Å². The van der Waals surface area contributed by atoms with Gasteiger partial charge in [0, 0.05) is 12.0 Å². The van der Waals surface area contributed by atoms with Crippen molar-refractivity contribution in [1.82, 2.24) is 5.32 Å². The number of methoxy groups -OCH3 is 1. The van der Waals surface area contributed by atoms with Gasteiger partial charge in [0.05, 0.1) is 31.4 Å². The van der Waals surface area contributed by atoms with Crippen molar-refractivity contribution in [2.24, 2.45) is 0 Å². The predicted molar refractivity (Wildman–Crippen MR) is 120 cm³/mol. The summed E-state index contributed by atoms with van der Waals surface area (Å²) < 4.78 is 16.8. The molecule has 1 unspecified atom stereocenters. The maximum absolute atomic E-state index is 13.0. The van der Waals surface area contributed by atoms with Crippen molar-refractivity contribution in [2.45, 2.75) is 18.9 Å². The van der Waals surface area contributed by atoms with E-state index in [4.69, 9.17) is 25.8 Å². The molecule has 0 radical (unpaired) electrons. The van der Waals surface area contributed by atoms with Crippen LogP contribution in [0.25, 0.3) is 0 Å². The molecule has 3 aromatic rings. The van der Waals surface area contributed by atoms with Gasteiger partial charge >= 0.3 is 0 Å². The van der Waals surface area contributed by atoms with Gasteiger partial charge in [0.2, 0.25) is 0 Å². The average molecular weight is 438 g/mol. The minimum atomic E-state index is -0.257. The molecule has 160 valence electrons. The van der Waals surface area contributed by atoms with Gasteiger partial charge in [-0.2, -0.15) is 0 Å². The number of carbonyl (C=O) groups excluding carboxylic acids is 1. The summed E-state index contributed by atoms with van der Waals surface area (Å²) in [7, 11) is 1.54. The molecule has 0 saturated carbocycles. The highest BCUT2D eigenvalue weighted by atomic mass is 35.5. The van der Waals surface area contributed by atoms with E-state index >= 15 is 0 Å². The van der Waals surface area contributed by atoms with Crippen LogP contribution < -0.4 is 19.5 Å². The van der Waals surface area contributed by atoms with Crippen LogP contribution in [-0.2, 0) is 6.42 Å². The molecule has 1 heterocycles. The zero-order valence-corrected chi connectivity index (χ0v) is 18.0. The lowest BCUT2D eigenvalue weighted by molar-refractivity contribution is 0.0936. The van der Waals surface area contributed by atoms with Crippen LogP contribution in [0.1, 0.15) is 33.9 Å². The van der Waals surface area contributed by atoms with E-state index in [0.29, 0.717) is 41.7 Å². The number of benzene rings is 3. The molecule has 6 heteroatoms. The normalized spacial score (nSPS) is 13.7. The highest BCUT2D eigenvalue weighted by Crippen LogP contribution is 2.33. The lowest BCUT2D eigenvalue weighted by atomic mass is 9.98. The molecule has 1 atom stereocenters. The zero-order chi connectivity index (χ0) is 21.6. The van der Waals surface area contributed by atoms with Gasteiger partial charge in [-0.25, -0.2) is 0 Å². The van der Waals surface area contributed by atoms with Crippen LogP contribution in [0, 0.1) is 0 Å². The number of nitrogens with one attached hydrogen (secondary N) is 1. The zero-order valence-electron chi connectivity index (χ0n) is 17.3. The lowest BCUT2D eigenvalue weighted by Crippen LogP contribution is -2.30. The van der Waals surface area contributed by atoms with Crippen molar-refractivity contribution >= 4 is 17.5 Å². The van der Waals surface area contributed by atoms with Crippen molar-refractivity contribution in [3.8, 4) is 17.2 Å². The van der Waals surface area contributed by atoms with Crippen LogP contribution in [0.4, 0.5) is 0 Å². The van der Waals surface area contributed by atoms with E-state index in [-0.39, 0.29) is 11.9 Å². The van der Waals surface area contributed by atoms with Crippen LogP contribution in [-0.4, -0.2) is 26.2 Å². The fourth-order valence-corrected chi connectivity index (χ4v) is 3.81. The number of ether oxygens (including phenoxy) is 3. The second-order valence-corrected chi connectivity index (χ2v) is 7.73. The van der Waals surface area contributed by atoms with Gasteiger partial charge in [-0.05, 0) is 47.9 Å². The number of fused-ring (bicyclic) bond motifs is 1. The van der Waals surface area contributed by atoms with E-state index in [1.165, 1.54) is 0 Å². The van der Waals surface area contributed by atoms with Crippen molar-refractivity contribution in [2.75, 3.05) is 20.3 Å². The average Bonchev–Trinajstić information content (AvgIpc) is 3.04. The predicted octanol–water partition coefficient (Wildman–Crippen LogP) is 5.22. The molecule has 1 aliphatic rings. The molecule has 0 aromatic heterocycles. The minimum absolute atomic E-state index is 0.211. The van der Waals surface area contributed by atoms with Crippen LogP contribution in [0.15, 0.2) is 66.7 Å². The number of hydrogen-bond acceptors (Lipinski definition) is 4. The van der Waals surface area contributed by atoms with E-state index in [0.717, 1.165) is 23.3 Å². The molecule has 0 fully saturated rings. The summed E-state index contributed by atoms with van der Waals surface area (Å²) in [6.07, 6.45) is 1.47. The molecule has 0 aliphatic carbocycles. The molecule has 1 aliphatic heterocycles. The van der Waals surface area contributed by atoms with Gasteiger partial charge in [0.25, 0.3) is 5.91 Å². The monoisotopic (exact) mass is 437 g/mol. The Morgan fingerprint density at radius 3 is 2.55 bits per heavy atom. The van der Waals surface area contributed by atoms with E-state index < -0.39 is 0 Å². The number of amides is 1. The van der Waals surface area contributed by atoms with Crippen LogP contribution in [0.5, 0.6) is 17.2 Å². The first-order chi connectivity index (χ1) is 15.1. The van der Waals surface area contributed by atoms with Gasteiger partial charge in [-0.15, -0.1) is 0 Å². The van der Waals surface area contributed by atoms with Crippen molar-refractivity contribution < 1.29 is 19.0 Å². The molecule has 31 heavy (non-hydrogen) atoms. The number of rotatable bonds is 6. The first-order valence-corrected chi connectivity index (χ1v) is 10.6. The van der Waals surface area contributed by atoms with Crippen LogP contribution in [0.3, 0.4) is 0 Å². The fraction of sp³-hybridized carbons (Fsp3) is 0.240. The number of halogens is 1. The molecule has 3 aromatic carbocycles. The maximum atomic E-state index is 13.0. The molecule has 0 bridgehead atoms. The molecular weight excluding hydrogens is 414 g/mol. The van der Waals surface area contributed by atoms with Crippen LogP contribution >= 0.6 is 11.6 Å². The van der Waals surface area contributed by atoms with Crippen molar-refractivity contribution in [3.05, 3.63) is 88.4 Å². The van der Waals surface area contributed by atoms with Crippen molar-refractivity contribution in [3.63, 3.8) is 0 Å². The Labute approximate surface area is 186 Å². The molecule has 1 amide bonds. The highest BCUT2D eigenvalue weighted by molar-refractivity contribution is 6.32. The molecule has 4 rings (SSSR count). The third kappa shape index (κ3) is 5.12. The molecule has 0 spiro atoms. The summed E-state index contributed by atoms with van der Waals surface area (Å²) in [6.45, 7) is 1.24. The van der Waals surface area contributed by atoms with Gasteiger partial charge < -0.3 is 19.5 Å².